The van der Waals surface area contributed by atoms with Gasteiger partial charge in [-0.25, -0.2) is 4.79 Å². The fourth-order valence-corrected chi connectivity index (χ4v) is 9.51. The highest BCUT2D eigenvalue weighted by Crippen LogP contribution is 2.37. The number of hydrogen-bond donors (Lipinski definition) is 0. The Kier molecular flexibility index (Phi) is 9.67. The Morgan fingerprint density at radius 2 is 1.37 bits per heavy atom. The number of ether oxygens (including phenoxy) is 1. The van der Waals surface area contributed by atoms with Gasteiger partial charge < -0.3 is 9.16 Å². The van der Waals surface area contributed by atoms with Gasteiger partial charge in [0.2, 0.25) is 0 Å². The largest absolute Gasteiger partial charge is 0.458 e. The van der Waals surface area contributed by atoms with Crippen molar-refractivity contribution in [3.05, 3.63) is 108 Å². The molecule has 5 heteroatoms. The smallest absolute Gasteiger partial charge is 0.338 e. The highest BCUT2D eigenvalue weighted by Gasteiger charge is 2.49. The molecule has 0 amide bonds. The Balaban J connectivity index is 1.77. The van der Waals surface area contributed by atoms with Crippen LogP contribution in [-0.2, 0) is 9.16 Å². The van der Waals surface area contributed by atoms with E-state index in [2.05, 4.69) is 104 Å². The van der Waals surface area contributed by atoms with Crippen LogP contribution < -0.4 is 10.4 Å². The summed E-state index contributed by atoms with van der Waals surface area (Å²) in [6.07, 6.45) is 1.77. The summed E-state index contributed by atoms with van der Waals surface area (Å²) in [5.74, 6) is -0.308. The van der Waals surface area contributed by atoms with Crippen molar-refractivity contribution in [2.24, 2.45) is 0 Å². The lowest BCUT2D eigenvalue weighted by molar-refractivity contribution is 0.0274. The van der Waals surface area contributed by atoms with Crippen molar-refractivity contribution in [3.63, 3.8) is 0 Å². The summed E-state index contributed by atoms with van der Waals surface area (Å²) in [5, 5.41) is 2.46. The van der Waals surface area contributed by atoms with Crippen LogP contribution in [0, 0.1) is 0 Å². The minimum absolute atomic E-state index is 0.0704. The van der Waals surface area contributed by atoms with Crippen LogP contribution in [0.15, 0.2) is 102 Å². The molecule has 3 aromatic carbocycles. The lowest BCUT2D eigenvalue weighted by Gasteiger charge is -2.43. The number of hydrogen-bond acceptors (Lipinski definition) is 3. The fraction of sp³-hybridized carbons (Fsp3) is 0.300. The van der Waals surface area contributed by atoms with Gasteiger partial charge >= 0.3 is 5.97 Å². The summed E-state index contributed by atoms with van der Waals surface area (Å²) in [4.78, 5) is 12.6. The summed E-state index contributed by atoms with van der Waals surface area (Å²) >= 11 is 3.44. The molecule has 1 atom stereocenters. The van der Waals surface area contributed by atoms with Crippen molar-refractivity contribution in [1.29, 1.82) is 0 Å². The van der Waals surface area contributed by atoms with Gasteiger partial charge in [0.25, 0.3) is 8.32 Å². The predicted octanol–water partition coefficient (Wildman–Crippen LogP) is 6.87. The van der Waals surface area contributed by atoms with E-state index in [1.54, 1.807) is 12.1 Å². The third kappa shape index (κ3) is 7.03. The molecule has 1 unspecified atom stereocenters. The van der Waals surface area contributed by atoms with Crippen molar-refractivity contribution in [3.8, 4) is 0 Å². The Morgan fingerprint density at radius 3 is 1.83 bits per heavy atom. The van der Waals surface area contributed by atoms with Gasteiger partial charge in [0.15, 0.2) is 0 Å². The van der Waals surface area contributed by atoms with Crippen LogP contribution in [0.25, 0.3) is 0 Å². The van der Waals surface area contributed by atoms with E-state index >= 15 is 0 Å². The highest BCUT2D eigenvalue weighted by atomic mass is 79.9. The zero-order chi connectivity index (χ0) is 25.3. The van der Waals surface area contributed by atoms with Crippen LogP contribution in [0.1, 0.15) is 50.4 Å². The van der Waals surface area contributed by atoms with Crippen LogP contribution in [-0.4, -0.2) is 27.0 Å². The van der Waals surface area contributed by atoms with Crippen LogP contribution in [0.4, 0.5) is 0 Å². The molecule has 0 fully saturated rings. The standard InChI is InChI=1S/C30H35BrO3Si/c1-24(31)23-26(34-29(32)25-15-8-5-9-16-25)17-14-22-33-35(30(2,3)4,27-18-10-6-11-19-27)28-20-12-7-13-21-28/h5-13,15-16,18-21,26H,1,14,17,22-23H2,2-4H3. The monoisotopic (exact) mass is 550 g/mol. The second-order valence-electron chi connectivity index (χ2n) is 9.77. The summed E-state index contributed by atoms with van der Waals surface area (Å²) in [6, 6.07) is 30.4. The van der Waals surface area contributed by atoms with Gasteiger partial charge in [-0.15, -0.1) is 0 Å². The summed E-state index contributed by atoms with van der Waals surface area (Å²) in [7, 11) is -2.57. The van der Waals surface area contributed by atoms with Gasteiger partial charge in [-0.2, -0.15) is 0 Å². The highest BCUT2D eigenvalue weighted by molar-refractivity contribution is 9.11. The van der Waals surface area contributed by atoms with E-state index in [0.29, 0.717) is 25.0 Å². The molecule has 0 radical (unpaired) electrons. The maximum absolute atomic E-state index is 12.6. The normalized spacial score (nSPS) is 12.7. The van der Waals surface area contributed by atoms with Gasteiger partial charge in [-0.3, -0.25) is 0 Å². The number of rotatable bonds is 11. The quantitative estimate of drug-likeness (QED) is 0.148. The number of carbonyl (C=O) groups excluding carboxylic acids is 1. The molecular weight excluding hydrogens is 516 g/mol. The molecule has 0 bridgehead atoms. The molecule has 0 saturated carbocycles. The Labute approximate surface area is 219 Å². The van der Waals surface area contributed by atoms with E-state index < -0.39 is 8.32 Å². The zero-order valence-electron chi connectivity index (χ0n) is 20.9. The SMILES string of the molecule is C=C(Br)CC(CCCO[Si](c1ccccc1)(c1ccccc1)C(C)(C)C)OC(=O)c1ccccc1. The van der Waals surface area contributed by atoms with Gasteiger partial charge in [0.05, 0.1) is 5.56 Å². The summed E-state index contributed by atoms with van der Waals surface area (Å²) in [6.45, 7) is 11.4. The average Bonchev–Trinajstić information content (AvgIpc) is 2.84. The van der Waals surface area contributed by atoms with E-state index in [4.69, 9.17) is 9.16 Å². The predicted molar refractivity (Wildman–Crippen MR) is 151 cm³/mol. The molecule has 3 rings (SSSR count). The molecule has 3 nitrogen and oxygen atoms in total. The first-order chi connectivity index (χ1) is 16.7. The lowest BCUT2D eigenvalue weighted by Crippen LogP contribution is -2.66. The molecule has 35 heavy (non-hydrogen) atoms. The minimum Gasteiger partial charge on any atom is -0.458 e. The van der Waals surface area contributed by atoms with Gasteiger partial charge in [-0.05, 0) is 44.9 Å². The first-order valence-corrected chi connectivity index (χ1v) is 14.8. The van der Waals surface area contributed by atoms with Gasteiger partial charge in [0.1, 0.15) is 6.10 Å². The third-order valence-corrected chi connectivity index (χ3v) is 11.5. The number of benzene rings is 3. The molecule has 0 N–H and O–H groups in total. The lowest BCUT2D eigenvalue weighted by atomic mass is 10.1. The second-order valence-corrected chi connectivity index (χ2v) is 15.2. The molecular formula is C30H35BrO3Si. The van der Waals surface area contributed by atoms with Crippen molar-refractivity contribution in [2.75, 3.05) is 6.61 Å². The first kappa shape index (κ1) is 27.1. The summed E-state index contributed by atoms with van der Waals surface area (Å²) < 4.78 is 13.6. The van der Waals surface area contributed by atoms with Gasteiger partial charge in [-0.1, -0.05) is 122 Å². The molecule has 0 aromatic heterocycles. The van der Waals surface area contributed by atoms with E-state index in [1.807, 2.05) is 18.2 Å². The van der Waals surface area contributed by atoms with Crippen molar-refractivity contribution in [1.82, 2.24) is 0 Å². The number of carbonyl (C=O) groups is 1. The zero-order valence-corrected chi connectivity index (χ0v) is 23.5. The number of halogens is 1. The van der Waals surface area contributed by atoms with Crippen molar-refractivity contribution in [2.45, 2.75) is 51.2 Å². The molecule has 0 spiro atoms. The molecule has 0 saturated heterocycles. The van der Waals surface area contributed by atoms with Crippen LogP contribution in [0.3, 0.4) is 0 Å². The molecule has 0 aliphatic rings. The second kappa shape index (κ2) is 12.5. The van der Waals surface area contributed by atoms with Crippen LogP contribution in [0.2, 0.25) is 5.04 Å². The van der Waals surface area contributed by atoms with E-state index in [0.717, 1.165) is 10.9 Å². The van der Waals surface area contributed by atoms with E-state index in [9.17, 15) is 4.79 Å². The average molecular weight is 552 g/mol. The van der Waals surface area contributed by atoms with Crippen LogP contribution >= 0.6 is 15.9 Å². The maximum Gasteiger partial charge on any atom is 0.338 e. The first-order valence-electron chi connectivity index (χ1n) is 12.1. The molecule has 3 aromatic rings. The van der Waals surface area contributed by atoms with E-state index in [1.165, 1.54) is 10.4 Å². The topological polar surface area (TPSA) is 35.5 Å². The summed E-state index contributed by atoms with van der Waals surface area (Å²) in [5.41, 5.74) is 0.557. The van der Waals surface area contributed by atoms with E-state index in [-0.39, 0.29) is 17.1 Å². The molecule has 0 aliphatic carbocycles. The fourth-order valence-electron chi connectivity index (χ4n) is 4.54. The molecule has 0 heterocycles. The molecule has 0 aliphatic heterocycles. The Morgan fingerprint density at radius 1 is 0.886 bits per heavy atom. The van der Waals surface area contributed by atoms with Crippen molar-refractivity contribution < 1.29 is 14.0 Å². The number of esters is 1. The molecule has 184 valence electrons. The Hall–Kier alpha value is -2.47. The van der Waals surface area contributed by atoms with Crippen molar-refractivity contribution >= 4 is 40.6 Å². The maximum atomic E-state index is 12.6. The third-order valence-electron chi connectivity index (χ3n) is 6.14. The minimum atomic E-state index is -2.57. The van der Waals surface area contributed by atoms with Crippen LogP contribution in [0.5, 0.6) is 0 Å². The Bertz CT molecular complexity index is 1040. The van der Waals surface area contributed by atoms with Gasteiger partial charge in [0, 0.05) is 13.0 Å².